The molecule has 1 amide bonds. The SMILES string of the molecule is O=C(O)c1cc(F)c(F)cc1C(=O)N1CC(O)C(O)C1. The number of carboxylic acids is 1. The molecule has 2 atom stereocenters. The minimum atomic E-state index is -1.58. The van der Waals surface area contributed by atoms with Crippen molar-refractivity contribution >= 4 is 11.9 Å². The molecule has 2 rings (SSSR count). The maximum Gasteiger partial charge on any atom is 0.336 e. The van der Waals surface area contributed by atoms with E-state index >= 15 is 0 Å². The van der Waals surface area contributed by atoms with Crippen molar-refractivity contribution in [3.63, 3.8) is 0 Å². The summed E-state index contributed by atoms with van der Waals surface area (Å²) in [4.78, 5) is 24.0. The summed E-state index contributed by atoms with van der Waals surface area (Å²) in [6, 6.07) is 0.923. The number of carbonyl (C=O) groups excluding carboxylic acids is 1. The molecule has 20 heavy (non-hydrogen) atoms. The standard InChI is InChI=1S/C12H11F2NO5/c13-7-1-5(6(12(19)20)2-8(7)14)11(18)15-3-9(16)10(17)4-15/h1-2,9-10,16-17H,3-4H2,(H,19,20). The predicted octanol–water partition coefficient (Wildman–Crippen LogP) is -0.159. The van der Waals surface area contributed by atoms with Gasteiger partial charge in [-0.3, -0.25) is 4.79 Å². The van der Waals surface area contributed by atoms with Crippen LogP contribution in [0.2, 0.25) is 0 Å². The molecule has 8 heteroatoms. The van der Waals surface area contributed by atoms with Crippen molar-refractivity contribution in [3.05, 3.63) is 34.9 Å². The first-order valence-corrected chi connectivity index (χ1v) is 5.69. The van der Waals surface area contributed by atoms with Crippen LogP contribution in [0, 0.1) is 11.6 Å². The number of halogens is 2. The fourth-order valence-corrected chi connectivity index (χ4v) is 2.01. The summed E-state index contributed by atoms with van der Waals surface area (Å²) >= 11 is 0. The zero-order chi connectivity index (χ0) is 15.0. The third-order valence-corrected chi connectivity index (χ3v) is 3.07. The van der Waals surface area contributed by atoms with E-state index in [1.54, 1.807) is 0 Å². The van der Waals surface area contributed by atoms with Crippen LogP contribution >= 0.6 is 0 Å². The summed E-state index contributed by atoms with van der Waals surface area (Å²) in [6.45, 7) is -0.421. The Morgan fingerprint density at radius 2 is 1.50 bits per heavy atom. The van der Waals surface area contributed by atoms with Gasteiger partial charge >= 0.3 is 5.97 Å². The monoisotopic (exact) mass is 287 g/mol. The van der Waals surface area contributed by atoms with Crippen molar-refractivity contribution in [1.82, 2.24) is 4.90 Å². The molecule has 0 aliphatic carbocycles. The van der Waals surface area contributed by atoms with Gasteiger partial charge in [0.15, 0.2) is 11.6 Å². The van der Waals surface area contributed by atoms with Crippen LogP contribution < -0.4 is 0 Å². The van der Waals surface area contributed by atoms with E-state index in [9.17, 15) is 28.6 Å². The Labute approximate surface area is 111 Å². The van der Waals surface area contributed by atoms with E-state index in [2.05, 4.69) is 0 Å². The van der Waals surface area contributed by atoms with Gasteiger partial charge in [0.05, 0.1) is 23.3 Å². The molecule has 1 aromatic carbocycles. The Morgan fingerprint density at radius 1 is 1.05 bits per heavy atom. The molecule has 1 aromatic rings. The summed E-state index contributed by atoms with van der Waals surface area (Å²) in [5.41, 5.74) is -1.21. The van der Waals surface area contributed by atoms with E-state index in [1.165, 1.54) is 0 Å². The van der Waals surface area contributed by atoms with Gasteiger partial charge < -0.3 is 20.2 Å². The first-order chi connectivity index (χ1) is 9.31. The zero-order valence-corrected chi connectivity index (χ0v) is 10.1. The van der Waals surface area contributed by atoms with Crippen LogP contribution in [-0.4, -0.2) is 57.4 Å². The molecule has 6 nitrogen and oxygen atoms in total. The van der Waals surface area contributed by atoms with Crippen molar-refractivity contribution in [2.24, 2.45) is 0 Å². The largest absolute Gasteiger partial charge is 0.478 e. The number of carbonyl (C=O) groups is 2. The molecular formula is C12H11F2NO5. The summed E-state index contributed by atoms with van der Waals surface area (Å²) in [5, 5.41) is 27.6. The van der Waals surface area contributed by atoms with Gasteiger partial charge in [-0.25, -0.2) is 13.6 Å². The molecular weight excluding hydrogens is 276 g/mol. The maximum absolute atomic E-state index is 13.2. The third-order valence-electron chi connectivity index (χ3n) is 3.07. The van der Waals surface area contributed by atoms with Gasteiger partial charge in [-0.2, -0.15) is 0 Å². The number of likely N-dealkylation sites (tertiary alicyclic amines) is 1. The van der Waals surface area contributed by atoms with E-state index in [0.29, 0.717) is 12.1 Å². The van der Waals surface area contributed by atoms with Gasteiger partial charge in [-0.15, -0.1) is 0 Å². The second-order valence-corrected chi connectivity index (χ2v) is 4.46. The number of hydrogen-bond donors (Lipinski definition) is 3. The molecule has 0 saturated carbocycles. The van der Waals surface area contributed by atoms with E-state index in [0.717, 1.165) is 4.90 Å². The molecule has 0 aromatic heterocycles. The van der Waals surface area contributed by atoms with E-state index < -0.39 is 46.8 Å². The van der Waals surface area contributed by atoms with E-state index in [4.69, 9.17) is 5.11 Å². The van der Waals surface area contributed by atoms with Gasteiger partial charge in [-0.1, -0.05) is 0 Å². The quantitative estimate of drug-likeness (QED) is 0.702. The van der Waals surface area contributed by atoms with Crippen molar-refractivity contribution in [2.45, 2.75) is 12.2 Å². The lowest BCUT2D eigenvalue weighted by molar-refractivity contribution is 0.0572. The number of amides is 1. The van der Waals surface area contributed by atoms with Gasteiger partial charge in [0, 0.05) is 13.1 Å². The van der Waals surface area contributed by atoms with Gasteiger partial charge in [0.25, 0.3) is 5.91 Å². The lowest BCUT2D eigenvalue weighted by atomic mass is 10.1. The molecule has 2 unspecified atom stereocenters. The van der Waals surface area contributed by atoms with Crippen LogP contribution in [0.3, 0.4) is 0 Å². The highest BCUT2D eigenvalue weighted by Crippen LogP contribution is 2.20. The van der Waals surface area contributed by atoms with Crippen LogP contribution in [0.5, 0.6) is 0 Å². The summed E-state index contributed by atoms with van der Waals surface area (Å²) in [6.07, 6.45) is -2.31. The molecule has 3 N–H and O–H groups in total. The van der Waals surface area contributed by atoms with E-state index in [-0.39, 0.29) is 13.1 Å². The summed E-state index contributed by atoms with van der Waals surface area (Å²) in [5.74, 6) is -5.19. The van der Waals surface area contributed by atoms with Gasteiger partial charge in [-0.05, 0) is 12.1 Å². The number of hydrogen-bond acceptors (Lipinski definition) is 4. The Bertz CT molecular complexity index is 567. The highest BCUT2D eigenvalue weighted by atomic mass is 19.2. The van der Waals surface area contributed by atoms with Crippen LogP contribution in [0.4, 0.5) is 8.78 Å². The third kappa shape index (κ3) is 2.47. The fraction of sp³-hybridized carbons (Fsp3) is 0.333. The summed E-state index contributed by atoms with van der Waals surface area (Å²) < 4.78 is 26.2. The molecule has 1 aliphatic rings. The number of rotatable bonds is 2. The second-order valence-electron chi connectivity index (χ2n) is 4.46. The first-order valence-electron chi connectivity index (χ1n) is 5.69. The summed E-state index contributed by atoms with van der Waals surface area (Å²) in [7, 11) is 0. The van der Waals surface area contributed by atoms with Crippen molar-refractivity contribution < 1.29 is 33.7 Å². The minimum Gasteiger partial charge on any atom is -0.478 e. The number of carboxylic acid groups (broad SMARTS) is 1. The Morgan fingerprint density at radius 3 is 1.95 bits per heavy atom. The molecule has 108 valence electrons. The number of aromatic carboxylic acids is 1. The van der Waals surface area contributed by atoms with Gasteiger partial charge in [0.2, 0.25) is 0 Å². The topological polar surface area (TPSA) is 98.1 Å². The Hall–Kier alpha value is -2.06. The molecule has 0 spiro atoms. The van der Waals surface area contributed by atoms with Crippen LogP contribution in [0.1, 0.15) is 20.7 Å². The average molecular weight is 287 g/mol. The van der Waals surface area contributed by atoms with Crippen molar-refractivity contribution in [1.29, 1.82) is 0 Å². The molecule has 1 fully saturated rings. The number of aliphatic hydroxyl groups is 2. The number of nitrogens with zero attached hydrogens (tertiary/aromatic N) is 1. The van der Waals surface area contributed by atoms with Crippen LogP contribution in [0.25, 0.3) is 0 Å². The predicted molar refractivity (Wildman–Crippen MR) is 61.2 cm³/mol. The normalized spacial score (nSPS) is 22.1. The smallest absolute Gasteiger partial charge is 0.336 e. The highest BCUT2D eigenvalue weighted by molar-refractivity contribution is 6.04. The molecule has 1 saturated heterocycles. The van der Waals surface area contributed by atoms with E-state index in [1.807, 2.05) is 0 Å². The molecule has 1 heterocycles. The first kappa shape index (κ1) is 14.4. The maximum atomic E-state index is 13.2. The Kier molecular flexibility index (Phi) is 3.69. The van der Waals surface area contributed by atoms with Crippen molar-refractivity contribution in [3.8, 4) is 0 Å². The number of benzene rings is 1. The van der Waals surface area contributed by atoms with Crippen LogP contribution in [-0.2, 0) is 0 Å². The minimum absolute atomic E-state index is 0.210. The lowest BCUT2D eigenvalue weighted by Crippen LogP contribution is -2.31. The zero-order valence-electron chi connectivity index (χ0n) is 10.1. The van der Waals surface area contributed by atoms with Crippen LogP contribution in [0.15, 0.2) is 12.1 Å². The molecule has 0 radical (unpaired) electrons. The average Bonchev–Trinajstić information content (AvgIpc) is 2.71. The number of β-amino-alcohol motifs (C(OH)–C–C–N with tert-alkyl or cyclic N) is 2. The van der Waals surface area contributed by atoms with Crippen molar-refractivity contribution in [2.75, 3.05) is 13.1 Å². The van der Waals surface area contributed by atoms with Gasteiger partial charge in [0.1, 0.15) is 0 Å². The highest BCUT2D eigenvalue weighted by Gasteiger charge is 2.34. The number of aliphatic hydroxyl groups excluding tert-OH is 2. The Balaban J connectivity index is 2.39. The molecule has 1 aliphatic heterocycles. The lowest BCUT2D eigenvalue weighted by Gasteiger charge is -2.16. The second kappa shape index (κ2) is 5.14. The fourth-order valence-electron chi connectivity index (χ4n) is 2.01. The molecule has 0 bridgehead atoms.